The van der Waals surface area contributed by atoms with Crippen LogP contribution in [0.25, 0.3) is 5.82 Å². The molecule has 0 aliphatic heterocycles. The van der Waals surface area contributed by atoms with Crippen molar-refractivity contribution in [3.8, 4) is 5.82 Å². The van der Waals surface area contributed by atoms with E-state index in [1.807, 2.05) is 30.6 Å². The third-order valence-corrected chi connectivity index (χ3v) is 5.59. The maximum absolute atomic E-state index is 5.64. The quantitative estimate of drug-likeness (QED) is 0.365. The normalized spacial score (nSPS) is 16.1. The SMILES string of the molecule is CCNC(=NCc1ccnc(-n2cccn2)c1)NCC1(CCOCC)CCCC1. The Bertz CT molecular complexity index is 752. The number of pyridine rings is 1. The highest BCUT2D eigenvalue weighted by Gasteiger charge is 2.33. The smallest absolute Gasteiger partial charge is 0.191 e. The fraction of sp³-hybridized carbons (Fsp3) is 0.591. The summed E-state index contributed by atoms with van der Waals surface area (Å²) in [5.41, 5.74) is 1.43. The van der Waals surface area contributed by atoms with Crippen molar-refractivity contribution >= 4 is 5.96 Å². The van der Waals surface area contributed by atoms with Gasteiger partial charge in [-0.2, -0.15) is 5.10 Å². The number of ether oxygens (including phenoxy) is 1. The average molecular weight is 399 g/mol. The molecule has 0 saturated heterocycles. The summed E-state index contributed by atoms with van der Waals surface area (Å²) >= 11 is 0. The Labute approximate surface area is 174 Å². The van der Waals surface area contributed by atoms with Gasteiger partial charge in [-0.15, -0.1) is 0 Å². The van der Waals surface area contributed by atoms with Crippen molar-refractivity contribution in [1.82, 2.24) is 25.4 Å². The maximum Gasteiger partial charge on any atom is 0.191 e. The van der Waals surface area contributed by atoms with Gasteiger partial charge in [-0.05, 0) is 62.3 Å². The standard InChI is InChI=1S/C22H34N6O/c1-3-23-21(26-18-22(9-5-6-10-22)11-15-29-4-2)25-17-19-8-13-24-20(16-19)28-14-7-12-27-28/h7-8,12-14,16H,3-6,9-11,15,17-18H2,1-2H3,(H2,23,25,26). The van der Waals surface area contributed by atoms with E-state index >= 15 is 0 Å². The predicted molar refractivity (Wildman–Crippen MR) is 116 cm³/mol. The molecule has 1 saturated carbocycles. The zero-order valence-corrected chi connectivity index (χ0v) is 17.7. The molecule has 1 fully saturated rings. The summed E-state index contributed by atoms with van der Waals surface area (Å²) < 4.78 is 7.40. The molecule has 29 heavy (non-hydrogen) atoms. The monoisotopic (exact) mass is 398 g/mol. The summed E-state index contributed by atoms with van der Waals surface area (Å²) in [6.07, 6.45) is 11.7. The second-order valence-electron chi connectivity index (χ2n) is 7.68. The van der Waals surface area contributed by atoms with Crippen LogP contribution in [0.3, 0.4) is 0 Å². The first-order chi connectivity index (χ1) is 14.2. The van der Waals surface area contributed by atoms with Crippen molar-refractivity contribution < 1.29 is 4.74 Å². The minimum absolute atomic E-state index is 0.329. The van der Waals surface area contributed by atoms with Crippen LogP contribution >= 0.6 is 0 Å². The van der Waals surface area contributed by atoms with Gasteiger partial charge in [0.25, 0.3) is 0 Å². The summed E-state index contributed by atoms with van der Waals surface area (Å²) in [6.45, 7) is 8.18. The van der Waals surface area contributed by atoms with Gasteiger partial charge in [0, 0.05) is 44.9 Å². The lowest BCUT2D eigenvalue weighted by Gasteiger charge is -2.30. The molecule has 0 spiro atoms. The first-order valence-electron chi connectivity index (χ1n) is 10.8. The van der Waals surface area contributed by atoms with Gasteiger partial charge in [-0.1, -0.05) is 12.8 Å². The van der Waals surface area contributed by atoms with E-state index in [0.717, 1.165) is 50.1 Å². The van der Waals surface area contributed by atoms with Crippen molar-refractivity contribution in [3.05, 3.63) is 42.4 Å². The van der Waals surface area contributed by atoms with E-state index in [1.165, 1.54) is 25.7 Å². The molecule has 2 aromatic rings. The van der Waals surface area contributed by atoms with E-state index in [2.05, 4.69) is 34.6 Å². The van der Waals surface area contributed by atoms with Crippen molar-refractivity contribution in [2.75, 3.05) is 26.3 Å². The minimum Gasteiger partial charge on any atom is -0.382 e. The molecule has 1 aliphatic carbocycles. The lowest BCUT2D eigenvalue weighted by molar-refractivity contribution is 0.105. The third-order valence-electron chi connectivity index (χ3n) is 5.59. The van der Waals surface area contributed by atoms with E-state index in [9.17, 15) is 0 Å². The molecule has 0 bridgehead atoms. The van der Waals surface area contributed by atoms with Crippen LogP contribution in [-0.4, -0.2) is 47.0 Å². The summed E-state index contributed by atoms with van der Waals surface area (Å²) in [5, 5.41) is 11.2. The number of nitrogens with zero attached hydrogens (tertiary/aromatic N) is 4. The van der Waals surface area contributed by atoms with Crippen molar-refractivity contribution in [1.29, 1.82) is 0 Å². The molecule has 2 N–H and O–H groups in total. The van der Waals surface area contributed by atoms with Crippen LogP contribution in [0.15, 0.2) is 41.8 Å². The zero-order valence-electron chi connectivity index (χ0n) is 17.7. The molecule has 1 aliphatic rings. The number of nitrogens with one attached hydrogen (secondary N) is 2. The second-order valence-corrected chi connectivity index (χ2v) is 7.68. The maximum atomic E-state index is 5.64. The van der Waals surface area contributed by atoms with Gasteiger partial charge in [-0.25, -0.2) is 14.7 Å². The molecule has 0 aromatic carbocycles. The Balaban J connectivity index is 1.61. The first-order valence-corrected chi connectivity index (χ1v) is 10.8. The third kappa shape index (κ3) is 6.29. The van der Waals surface area contributed by atoms with E-state index in [1.54, 1.807) is 10.9 Å². The van der Waals surface area contributed by atoms with Gasteiger partial charge in [0.1, 0.15) is 0 Å². The summed E-state index contributed by atoms with van der Waals surface area (Å²) in [4.78, 5) is 9.19. The summed E-state index contributed by atoms with van der Waals surface area (Å²) in [5.74, 6) is 1.68. The number of guanidine groups is 1. The topological polar surface area (TPSA) is 76.4 Å². The lowest BCUT2D eigenvalue weighted by atomic mass is 9.83. The van der Waals surface area contributed by atoms with Gasteiger partial charge in [-0.3, -0.25) is 0 Å². The summed E-state index contributed by atoms with van der Waals surface area (Å²) in [7, 11) is 0. The van der Waals surface area contributed by atoms with E-state index in [-0.39, 0.29) is 0 Å². The highest BCUT2D eigenvalue weighted by atomic mass is 16.5. The molecule has 7 heteroatoms. The Morgan fingerprint density at radius 1 is 1.24 bits per heavy atom. The van der Waals surface area contributed by atoms with Crippen molar-refractivity contribution in [2.45, 2.75) is 52.5 Å². The first kappa shape index (κ1) is 21.3. The van der Waals surface area contributed by atoms with Crippen LogP contribution in [0.2, 0.25) is 0 Å². The van der Waals surface area contributed by atoms with Gasteiger partial charge in [0.2, 0.25) is 0 Å². The number of rotatable bonds is 10. The molecular weight excluding hydrogens is 364 g/mol. The zero-order chi connectivity index (χ0) is 20.4. The van der Waals surface area contributed by atoms with Crippen LogP contribution in [0.5, 0.6) is 0 Å². The summed E-state index contributed by atoms with van der Waals surface area (Å²) in [6, 6.07) is 5.92. The molecule has 7 nitrogen and oxygen atoms in total. The number of hydrogen-bond acceptors (Lipinski definition) is 4. The fourth-order valence-electron chi connectivity index (χ4n) is 3.95. The van der Waals surface area contributed by atoms with E-state index in [4.69, 9.17) is 9.73 Å². The molecule has 0 atom stereocenters. The molecule has 3 rings (SSSR count). The van der Waals surface area contributed by atoms with Crippen LogP contribution in [0.1, 0.15) is 51.5 Å². The highest BCUT2D eigenvalue weighted by Crippen LogP contribution is 2.40. The number of aliphatic imine (C=N–C) groups is 1. The van der Waals surface area contributed by atoms with Gasteiger partial charge in [0.05, 0.1) is 6.54 Å². The Hall–Kier alpha value is -2.41. The van der Waals surface area contributed by atoms with Gasteiger partial charge >= 0.3 is 0 Å². The molecule has 158 valence electrons. The van der Waals surface area contributed by atoms with E-state index in [0.29, 0.717) is 12.0 Å². The predicted octanol–water partition coefficient (Wildman–Crippen LogP) is 3.31. The number of hydrogen-bond donors (Lipinski definition) is 2. The van der Waals surface area contributed by atoms with Crippen LogP contribution in [-0.2, 0) is 11.3 Å². The molecule has 0 unspecified atom stereocenters. The minimum atomic E-state index is 0.329. The Kier molecular flexibility index (Phi) is 8.04. The largest absolute Gasteiger partial charge is 0.382 e. The van der Waals surface area contributed by atoms with Gasteiger partial charge in [0.15, 0.2) is 11.8 Å². The van der Waals surface area contributed by atoms with Crippen molar-refractivity contribution in [2.24, 2.45) is 10.4 Å². The second kappa shape index (κ2) is 11.0. The highest BCUT2D eigenvalue weighted by molar-refractivity contribution is 5.79. The van der Waals surface area contributed by atoms with Crippen LogP contribution < -0.4 is 10.6 Å². The van der Waals surface area contributed by atoms with Crippen LogP contribution in [0, 0.1) is 5.41 Å². The van der Waals surface area contributed by atoms with Gasteiger partial charge < -0.3 is 15.4 Å². The Morgan fingerprint density at radius 3 is 2.83 bits per heavy atom. The molecule has 2 aromatic heterocycles. The Morgan fingerprint density at radius 2 is 2.10 bits per heavy atom. The van der Waals surface area contributed by atoms with E-state index < -0.39 is 0 Å². The molecule has 0 amide bonds. The van der Waals surface area contributed by atoms with Crippen molar-refractivity contribution in [3.63, 3.8) is 0 Å². The molecular formula is C22H34N6O. The number of aromatic nitrogens is 3. The molecule has 2 heterocycles. The molecule has 0 radical (unpaired) electrons. The average Bonchev–Trinajstić information content (AvgIpc) is 3.43. The van der Waals surface area contributed by atoms with Crippen LogP contribution in [0.4, 0.5) is 0 Å². The lowest BCUT2D eigenvalue weighted by Crippen LogP contribution is -2.43. The fourth-order valence-corrected chi connectivity index (χ4v) is 3.95.